The molecule has 0 aromatic carbocycles. The molecule has 0 radical (unpaired) electrons. The molecule has 2 N–H and O–H groups in total. The normalized spacial score (nSPS) is 11.9. The highest BCUT2D eigenvalue weighted by Gasteiger charge is 2.20. The lowest BCUT2D eigenvalue weighted by Crippen LogP contribution is -2.43. The van der Waals surface area contributed by atoms with E-state index in [1.165, 1.54) is 0 Å². The first-order valence-electron chi connectivity index (χ1n) is 4.95. The van der Waals surface area contributed by atoms with Crippen molar-refractivity contribution in [2.45, 2.75) is 38.8 Å². The molecule has 1 aromatic heterocycles. The minimum absolute atomic E-state index is 0.169. The molecule has 0 aliphatic heterocycles. The van der Waals surface area contributed by atoms with Crippen LogP contribution in [0, 0.1) is 0 Å². The van der Waals surface area contributed by atoms with Crippen molar-refractivity contribution in [1.29, 1.82) is 0 Å². The third kappa shape index (κ3) is 3.36. The Kier molecular flexibility index (Phi) is 4.51. The molecule has 1 aromatic rings. The summed E-state index contributed by atoms with van der Waals surface area (Å²) in [6.07, 6.45) is 3.68. The average molecular weight is 214 g/mol. The first-order chi connectivity index (χ1) is 6.70. The van der Waals surface area contributed by atoms with Gasteiger partial charge in [0.2, 0.25) is 0 Å². The molecule has 0 saturated heterocycles. The van der Waals surface area contributed by atoms with Gasteiger partial charge >= 0.3 is 0 Å². The third-order valence-electron chi connectivity index (χ3n) is 2.51. The summed E-state index contributed by atoms with van der Waals surface area (Å²) in [4.78, 5) is 4.14. The molecule has 0 spiro atoms. The molecule has 0 amide bonds. The number of hydrogen-bond acceptors (Lipinski definition) is 4. The standard InChI is InChI=1S/C10H18N2OS/c1-3-10(11,4-2)8-13-7-9-12-5-6-14-9/h5-6H,3-4,7-8,11H2,1-2H3. The minimum Gasteiger partial charge on any atom is -0.372 e. The second-order valence-corrected chi connectivity index (χ2v) is 4.47. The van der Waals surface area contributed by atoms with E-state index in [4.69, 9.17) is 10.5 Å². The first-order valence-corrected chi connectivity index (χ1v) is 5.83. The number of aromatic nitrogens is 1. The van der Waals surface area contributed by atoms with Crippen molar-refractivity contribution in [3.63, 3.8) is 0 Å². The summed E-state index contributed by atoms with van der Waals surface area (Å²) in [6, 6.07) is 0. The topological polar surface area (TPSA) is 48.1 Å². The molecule has 1 rings (SSSR count). The van der Waals surface area contributed by atoms with Crippen LogP contribution >= 0.6 is 11.3 Å². The van der Waals surface area contributed by atoms with Crippen molar-refractivity contribution >= 4 is 11.3 Å². The van der Waals surface area contributed by atoms with E-state index in [0.717, 1.165) is 17.8 Å². The van der Waals surface area contributed by atoms with Crippen LogP contribution in [0.1, 0.15) is 31.7 Å². The Morgan fingerprint density at radius 3 is 2.71 bits per heavy atom. The van der Waals surface area contributed by atoms with E-state index in [1.807, 2.05) is 5.38 Å². The lowest BCUT2D eigenvalue weighted by Gasteiger charge is -2.25. The van der Waals surface area contributed by atoms with E-state index >= 15 is 0 Å². The fourth-order valence-corrected chi connectivity index (χ4v) is 1.67. The van der Waals surface area contributed by atoms with Crippen LogP contribution in [-0.4, -0.2) is 17.1 Å². The predicted octanol–water partition coefficient (Wildman–Crippen LogP) is 2.18. The highest BCUT2D eigenvalue weighted by atomic mass is 32.1. The van der Waals surface area contributed by atoms with Crippen LogP contribution in [0.4, 0.5) is 0 Å². The number of ether oxygens (including phenoxy) is 1. The van der Waals surface area contributed by atoms with Crippen molar-refractivity contribution in [2.24, 2.45) is 5.73 Å². The smallest absolute Gasteiger partial charge is 0.118 e. The monoisotopic (exact) mass is 214 g/mol. The maximum absolute atomic E-state index is 6.09. The number of nitrogens with zero attached hydrogens (tertiary/aromatic N) is 1. The van der Waals surface area contributed by atoms with E-state index in [1.54, 1.807) is 17.5 Å². The van der Waals surface area contributed by atoms with Gasteiger partial charge in [-0.05, 0) is 12.8 Å². The largest absolute Gasteiger partial charge is 0.372 e. The lowest BCUT2D eigenvalue weighted by atomic mass is 9.96. The van der Waals surface area contributed by atoms with Crippen molar-refractivity contribution < 1.29 is 4.74 Å². The van der Waals surface area contributed by atoms with Crippen LogP contribution < -0.4 is 5.73 Å². The van der Waals surface area contributed by atoms with Gasteiger partial charge in [-0.1, -0.05) is 13.8 Å². The van der Waals surface area contributed by atoms with E-state index in [2.05, 4.69) is 18.8 Å². The summed E-state index contributed by atoms with van der Waals surface area (Å²) in [5.74, 6) is 0. The van der Waals surface area contributed by atoms with Crippen LogP contribution in [0.25, 0.3) is 0 Å². The Bertz CT molecular complexity index is 245. The van der Waals surface area contributed by atoms with Crippen molar-refractivity contribution in [2.75, 3.05) is 6.61 Å². The van der Waals surface area contributed by atoms with Crippen LogP contribution in [0.2, 0.25) is 0 Å². The van der Waals surface area contributed by atoms with Gasteiger partial charge in [-0.3, -0.25) is 0 Å². The number of nitrogens with two attached hydrogens (primary N) is 1. The van der Waals surface area contributed by atoms with Gasteiger partial charge < -0.3 is 10.5 Å². The quantitative estimate of drug-likeness (QED) is 0.789. The highest BCUT2D eigenvalue weighted by molar-refractivity contribution is 7.09. The summed E-state index contributed by atoms with van der Waals surface area (Å²) in [7, 11) is 0. The minimum atomic E-state index is -0.169. The van der Waals surface area contributed by atoms with E-state index in [0.29, 0.717) is 13.2 Å². The summed E-state index contributed by atoms with van der Waals surface area (Å²) in [6.45, 7) is 5.38. The van der Waals surface area contributed by atoms with Gasteiger partial charge in [-0.25, -0.2) is 4.98 Å². The molecule has 14 heavy (non-hydrogen) atoms. The van der Waals surface area contributed by atoms with Crippen LogP contribution in [0.3, 0.4) is 0 Å². The molecule has 3 nitrogen and oxygen atoms in total. The van der Waals surface area contributed by atoms with Crippen LogP contribution in [0.5, 0.6) is 0 Å². The Morgan fingerprint density at radius 2 is 2.21 bits per heavy atom. The van der Waals surface area contributed by atoms with Gasteiger partial charge in [0.1, 0.15) is 5.01 Å². The van der Waals surface area contributed by atoms with Gasteiger partial charge in [-0.2, -0.15) is 0 Å². The summed E-state index contributed by atoms with van der Waals surface area (Å²) >= 11 is 1.61. The highest BCUT2D eigenvalue weighted by Crippen LogP contribution is 2.13. The molecular formula is C10H18N2OS. The van der Waals surface area contributed by atoms with Crippen LogP contribution in [0.15, 0.2) is 11.6 Å². The molecule has 0 bridgehead atoms. The molecule has 1 heterocycles. The summed E-state index contributed by atoms with van der Waals surface area (Å²) in [5, 5.41) is 2.97. The predicted molar refractivity (Wildman–Crippen MR) is 59.3 cm³/mol. The zero-order valence-electron chi connectivity index (χ0n) is 8.82. The Labute approximate surface area is 89.3 Å². The third-order valence-corrected chi connectivity index (χ3v) is 3.26. The van der Waals surface area contributed by atoms with Crippen molar-refractivity contribution in [1.82, 2.24) is 4.98 Å². The Hall–Kier alpha value is -0.450. The van der Waals surface area contributed by atoms with Crippen LogP contribution in [-0.2, 0) is 11.3 Å². The number of thiazole rings is 1. The van der Waals surface area contributed by atoms with Gasteiger partial charge in [0.25, 0.3) is 0 Å². The van der Waals surface area contributed by atoms with Gasteiger partial charge in [-0.15, -0.1) is 11.3 Å². The number of hydrogen-bond donors (Lipinski definition) is 1. The Balaban J connectivity index is 2.27. The molecule has 0 atom stereocenters. The molecule has 0 fully saturated rings. The molecule has 0 unspecified atom stereocenters. The number of rotatable bonds is 6. The molecule has 0 aliphatic carbocycles. The fraction of sp³-hybridized carbons (Fsp3) is 0.700. The molecular weight excluding hydrogens is 196 g/mol. The lowest BCUT2D eigenvalue weighted by molar-refractivity contribution is 0.0695. The maximum atomic E-state index is 6.09. The van der Waals surface area contributed by atoms with Gasteiger partial charge in [0, 0.05) is 17.1 Å². The summed E-state index contributed by atoms with van der Waals surface area (Å²) < 4.78 is 5.55. The van der Waals surface area contributed by atoms with Gasteiger partial charge in [0.05, 0.1) is 13.2 Å². The zero-order chi connectivity index (χ0) is 10.4. The van der Waals surface area contributed by atoms with E-state index in [-0.39, 0.29) is 5.54 Å². The molecule has 80 valence electrons. The average Bonchev–Trinajstić information content (AvgIpc) is 2.70. The second kappa shape index (κ2) is 5.44. The maximum Gasteiger partial charge on any atom is 0.118 e. The SMILES string of the molecule is CCC(N)(CC)COCc1nccs1. The first kappa shape index (κ1) is 11.6. The van der Waals surface area contributed by atoms with Crippen molar-refractivity contribution in [3.05, 3.63) is 16.6 Å². The summed E-state index contributed by atoms with van der Waals surface area (Å²) in [5.41, 5.74) is 5.92. The fourth-order valence-electron chi connectivity index (χ4n) is 1.12. The van der Waals surface area contributed by atoms with E-state index in [9.17, 15) is 0 Å². The second-order valence-electron chi connectivity index (χ2n) is 3.49. The Morgan fingerprint density at radius 1 is 1.50 bits per heavy atom. The molecule has 4 heteroatoms. The zero-order valence-corrected chi connectivity index (χ0v) is 9.64. The van der Waals surface area contributed by atoms with E-state index < -0.39 is 0 Å². The molecule has 0 aliphatic rings. The van der Waals surface area contributed by atoms with Crippen molar-refractivity contribution in [3.8, 4) is 0 Å². The van der Waals surface area contributed by atoms with Gasteiger partial charge in [0.15, 0.2) is 0 Å². The molecule has 0 saturated carbocycles.